The first kappa shape index (κ1) is 34.1. The van der Waals surface area contributed by atoms with Crippen molar-refractivity contribution in [3.05, 3.63) is 79.9 Å². The first-order valence-corrected chi connectivity index (χ1v) is 15.0. The van der Waals surface area contributed by atoms with Crippen molar-refractivity contribution in [3.8, 4) is 0 Å². The van der Waals surface area contributed by atoms with Crippen LogP contribution >= 0.6 is 12.6 Å². The molecule has 2 aliphatic heterocycles. The van der Waals surface area contributed by atoms with Gasteiger partial charge < -0.3 is 25.0 Å². The van der Waals surface area contributed by atoms with Crippen LogP contribution in [0.4, 0.5) is 16.2 Å². The number of nitro benzene ring substituents is 2. The van der Waals surface area contributed by atoms with Crippen molar-refractivity contribution in [2.75, 3.05) is 32.7 Å². The number of thiol groups is 1. The number of benzene rings is 2. The molecule has 0 bridgehead atoms. The highest BCUT2D eigenvalue weighted by molar-refractivity contribution is 7.81. The summed E-state index contributed by atoms with van der Waals surface area (Å²) in [5.74, 6) is -1.19. The zero-order chi connectivity index (χ0) is 33.4. The van der Waals surface area contributed by atoms with Crippen LogP contribution in [-0.4, -0.2) is 98.5 Å². The van der Waals surface area contributed by atoms with Crippen LogP contribution in [0.15, 0.2) is 48.5 Å². The van der Waals surface area contributed by atoms with Crippen molar-refractivity contribution in [2.24, 2.45) is 5.73 Å². The monoisotopic (exact) mass is 658 g/mol. The molecule has 16 nitrogen and oxygen atoms in total. The van der Waals surface area contributed by atoms with Gasteiger partial charge in [0.05, 0.1) is 9.85 Å². The van der Waals surface area contributed by atoms with Crippen molar-refractivity contribution in [1.29, 1.82) is 0 Å². The quantitative estimate of drug-likeness (QED) is 0.154. The smallest absolute Gasteiger partial charge is 0.410 e. The van der Waals surface area contributed by atoms with Crippen molar-refractivity contribution in [2.45, 2.75) is 49.8 Å². The summed E-state index contributed by atoms with van der Waals surface area (Å²) in [4.78, 5) is 76.4. The number of likely N-dealkylation sites (tertiary alicyclic amines) is 1. The lowest BCUT2D eigenvalue weighted by Crippen LogP contribution is -2.55. The van der Waals surface area contributed by atoms with Crippen LogP contribution in [0.1, 0.15) is 30.4 Å². The first-order valence-electron chi connectivity index (χ1n) is 14.5. The number of ether oxygens (including phenoxy) is 2. The van der Waals surface area contributed by atoms with Gasteiger partial charge in [-0.2, -0.15) is 12.6 Å². The topological polar surface area (TPSA) is 209 Å². The number of nitrogens with two attached hydrogens (primary N) is 1. The Bertz CT molecular complexity index is 1450. The Hall–Kier alpha value is -4.77. The fourth-order valence-electron chi connectivity index (χ4n) is 5.11. The molecule has 2 saturated heterocycles. The number of hydrogen-bond donors (Lipinski definition) is 2. The minimum absolute atomic E-state index is 0.0000811. The highest BCUT2D eigenvalue weighted by Crippen LogP contribution is 2.25. The van der Waals surface area contributed by atoms with E-state index in [-0.39, 0.29) is 87.2 Å². The highest BCUT2D eigenvalue weighted by Gasteiger charge is 2.42. The number of hydrogen-bond acceptors (Lipinski definition) is 12. The van der Waals surface area contributed by atoms with Gasteiger partial charge in [0.25, 0.3) is 11.4 Å². The maximum absolute atomic E-state index is 13.4. The third kappa shape index (κ3) is 8.91. The number of esters is 1. The molecule has 3 atom stereocenters. The molecule has 2 aromatic rings. The number of rotatable bonds is 11. The van der Waals surface area contributed by atoms with Crippen LogP contribution in [0, 0.1) is 20.2 Å². The molecule has 0 aliphatic carbocycles. The van der Waals surface area contributed by atoms with Crippen LogP contribution in [0.5, 0.6) is 0 Å². The molecular weight excluding hydrogens is 624 g/mol. The summed E-state index contributed by atoms with van der Waals surface area (Å²) in [6, 6.07) is 9.35. The average molecular weight is 659 g/mol. The lowest BCUT2D eigenvalue weighted by Gasteiger charge is -2.37. The number of carbonyl (C=O) groups is 4. The molecular formula is C29H34N6O10S. The van der Waals surface area contributed by atoms with E-state index in [4.69, 9.17) is 15.2 Å². The number of nitro groups is 2. The summed E-state index contributed by atoms with van der Waals surface area (Å²) in [6.07, 6.45) is -0.296. The third-order valence-corrected chi connectivity index (χ3v) is 8.13. The Morgan fingerprint density at radius 1 is 0.848 bits per heavy atom. The number of amides is 3. The first-order chi connectivity index (χ1) is 21.9. The van der Waals surface area contributed by atoms with Gasteiger partial charge >= 0.3 is 12.1 Å². The van der Waals surface area contributed by atoms with Gasteiger partial charge in [-0.1, -0.05) is 0 Å². The SMILES string of the molecule is NC(CCC(=O)N1CCN(C(=O)[C@@H]2C[C@H](S)CN2C(=O)OCc2ccc([N+](=O)[O-])cc2)CC1)C(=O)OCc1ccc([N+](=O)[O-])cc1. The lowest BCUT2D eigenvalue weighted by atomic mass is 10.1. The molecule has 2 fully saturated rings. The van der Waals surface area contributed by atoms with E-state index in [1.165, 1.54) is 53.4 Å². The van der Waals surface area contributed by atoms with Gasteiger partial charge in [0, 0.05) is 68.7 Å². The summed E-state index contributed by atoms with van der Waals surface area (Å²) in [5.41, 5.74) is 6.86. The van der Waals surface area contributed by atoms with Crippen LogP contribution in [0.25, 0.3) is 0 Å². The van der Waals surface area contributed by atoms with Gasteiger partial charge in [0.1, 0.15) is 25.3 Å². The molecule has 0 saturated carbocycles. The van der Waals surface area contributed by atoms with Crippen LogP contribution < -0.4 is 5.73 Å². The van der Waals surface area contributed by atoms with Crippen LogP contribution in [0.3, 0.4) is 0 Å². The highest BCUT2D eigenvalue weighted by atomic mass is 32.1. The zero-order valence-corrected chi connectivity index (χ0v) is 25.7. The second-order valence-corrected chi connectivity index (χ2v) is 11.6. The fraction of sp³-hybridized carbons (Fsp3) is 0.448. The van der Waals surface area contributed by atoms with E-state index in [2.05, 4.69) is 12.6 Å². The Morgan fingerprint density at radius 3 is 1.87 bits per heavy atom. The average Bonchev–Trinajstić information content (AvgIpc) is 3.46. The van der Waals surface area contributed by atoms with E-state index >= 15 is 0 Å². The molecule has 17 heteroatoms. The maximum atomic E-state index is 13.4. The van der Waals surface area contributed by atoms with Gasteiger partial charge in [0.2, 0.25) is 11.8 Å². The van der Waals surface area contributed by atoms with Crippen molar-refractivity contribution < 1.29 is 38.5 Å². The predicted octanol–water partition coefficient (Wildman–Crippen LogP) is 2.03. The maximum Gasteiger partial charge on any atom is 0.410 e. The summed E-state index contributed by atoms with van der Waals surface area (Å²) in [7, 11) is 0. The van der Waals surface area contributed by atoms with Gasteiger partial charge in [-0.25, -0.2) is 4.79 Å². The minimum atomic E-state index is -1.03. The molecule has 2 aliphatic rings. The molecule has 46 heavy (non-hydrogen) atoms. The molecule has 2 aromatic carbocycles. The normalized spacial score (nSPS) is 18.5. The summed E-state index contributed by atoms with van der Waals surface area (Å²) >= 11 is 4.47. The van der Waals surface area contributed by atoms with Gasteiger partial charge in [-0.3, -0.25) is 39.5 Å². The lowest BCUT2D eigenvalue weighted by molar-refractivity contribution is -0.385. The molecule has 1 unspecified atom stereocenters. The van der Waals surface area contributed by atoms with E-state index in [1.54, 1.807) is 9.80 Å². The zero-order valence-electron chi connectivity index (χ0n) is 24.8. The Morgan fingerprint density at radius 2 is 1.35 bits per heavy atom. The van der Waals surface area contributed by atoms with E-state index in [9.17, 15) is 39.4 Å². The summed E-state index contributed by atoms with van der Waals surface area (Å²) < 4.78 is 10.6. The van der Waals surface area contributed by atoms with Crippen molar-refractivity contribution in [3.63, 3.8) is 0 Å². The van der Waals surface area contributed by atoms with E-state index in [1.807, 2.05) is 0 Å². The van der Waals surface area contributed by atoms with Gasteiger partial charge in [-0.15, -0.1) is 0 Å². The number of non-ortho nitro benzene ring substituents is 2. The molecule has 0 spiro atoms. The Balaban J connectivity index is 1.19. The molecule has 3 amide bonds. The minimum Gasteiger partial charge on any atom is -0.460 e. The second kappa shape index (κ2) is 15.5. The molecule has 2 heterocycles. The predicted molar refractivity (Wildman–Crippen MR) is 164 cm³/mol. The molecule has 4 rings (SSSR count). The summed E-state index contributed by atoms with van der Waals surface area (Å²) in [6.45, 7) is 1.04. The fourth-order valence-corrected chi connectivity index (χ4v) is 5.48. The number of nitrogens with zero attached hydrogens (tertiary/aromatic N) is 5. The van der Waals surface area contributed by atoms with E-state index in [0.717, 1.165) is 0 Å². The number of piperazine rings is 1. The largest absolute Gasteiger partial charge is 0.460 e. The van der Waals surface area contributed by atoms with Gasteiger partial charge in [-0.05, 0) is 48.2 Å². The molecule has 2 N–H and O–H groups in total. The molecule has 0 aromatic heterocycles. The van der Waals surface area contributed by atoms with Crippen molar-refractivity contribution >= 4 is 47.9 Å². The third-order valence-electron chi connectivity index (χ3n) is 7.75. The molecule has 0 radical (unpaired) electrons. The van der Waals surface area contributed by atoms with E-state index < -0.39 is 34.0 Å². The standard InChI is InChI=1S/C29H34N6O10S/c30-24(28(38)44-17-19-1-5-21(6-2-19)34(40)41)9-10-26(36)31-11-13-32(14-12-31)27(37)25-15-23(46)16-33(25)29(39)45-18-20-3-7-22(8-4-20)35(42)43/h1-8,23-25,46H,9-18,30H2/t23-,24?,25-/m0/s1. The van der Waals surface area contributed by atoms with E-state index in [0.29, 0.717) is 17.5 Å². The summed E-state index contributed by atoms with van der Waals surface area (Å²) in [5, 5.41) is 21.4. The van der Waals surface area contributed by atoms with Crippen molar-refractivity contribution in [1.82, 2.24) is 14.7 Å². The number of carbonyl (C=O) groups excluding carboxylic acids is 4. The Labute approximate surface area is 269 Å². The van der Waals surface area contributed by atoms with Crippen LogP contribution in [0.2, 0.25) is 0 Å². The van der Waals surface area contributed by atoms with Crippen LogP contribution in [-0.2, 0) is 37.1 Å². The second-order valence-electron chi connectivity index (χ2n) is 10.9. The molecule has 246 valence electrons. The van der Waals surface area contributed by atoms with Gasteiger partial charge in [0.15, 0.2) is 0 Å². The Kier molecular flexibility index (Phi) is 11.5.